The van der Waals surface area contributed by atoms with E-state index in [0.29, 0.717) is 24.2 Å². The standard InChI is InChI=1S/C15H18N4O2S/c1-20-7-10-6-16-13(19-15(10)22-3)11-12(9-4-5-9)17-8-18-14(11)21-2/h6,8-9H,4-5,7H2,1-3H3. The van der Waals surface area contributed by atoms with E-state index in [0.717, 1.165) is 34.7 Å². The number of hydrogen-bond acceptors (Lipinski definition) is 7. The maximum absolute atomic E-state index is 5.41. The van der Waals surface area contributed by atoms with Crippen molar-refractivity contribution in [1.29, 1.82) is 0 Å². The summed E-state index contributed by atoms with van der Waals surface area (Å²) >= 11 is 1.57. The van der Waals surface area contributed by atoms with Gasteiger partial charge in [0, 0.05) is 24.8 Å². The van der Waals surface area contributed by atoms with E-state index in [2.05, 4.69) is 19.9 Å². The maximum Gasteiger partial charge on any atom is 0.227 e. The zero-order valence-electron chi connectivity index (χ0n) is 12.9. The Morgan fingerprint density at radius 2 is 2.05 bits per heavy atom. The summed E-state index contributed by atoms with van der Waals surface area (Å²) in [5.74, 6) is 1.61. The van der Waals surface area contributed by atoms with Gasteiger partial charge in [-0.05, 0) is 19.1 Å². The number of thioether (sulfide) groups is 1. The van der Waals surface area contributed by atoms with Crippen LogP contribution in [0.5, 0.6) is 5.88 Å². The second kappa shape index (κ2) is 6.58. The van der Waals surface area contributed by atoms with Gasteiger partial charge in [0.05, 0.1) is 19.4 Å². The van der Waals surface area contributed by atoms with Crippen molar-refractivity contribution in [3.8, 4) is 17.3 Å². The van der Waals surface area contributed by atoms with Crippen molar-refractivity contribution >= 4 is 11.8 Å². The van der Waals surface area contributed by atoms with E-state index in [-0.39, 0.29) is 0 Å². The molecule has 1 aliphatic rings. The molecule has 0 radical (unpaired) electrons. The van der Waals surface area contributed by atoms with Crippen LogP contribution in [0.25, 0.3) is 11.4 Å². The fraction of sp³-hybridized carbons (Fsp3) is 0.467. The summed E-state index contributed by atoms with van der Waals surface area (Å²) in [4.78, 5) is 17.8. The first-order valence-electron chi connectivity index (χ1n) is 7.06. The Kier molecular flexibility index (Phi) is 4.54. The highest BCUT2D eigenvalue weighted by molar-refractivity contribution is 7.98. The Morgan fingerprint density at radius 3 is 2.68 bits per heavy atom. The predicted octanol–water partition coefficient (Wildman–Crippen LogP) is 2.69. The number of hydrogen-bond donors (Lipinski definition) is 0. The normalized spacial score (nSPS) is 14.1. The van der Waals surface area contributed by atoms with E-state index in [1.165, 1.54) is 0 Å². The number of rotatable bonds is 6. The first-order chi connectivity index (χ1) is 10.8. The van der Waals surface area contributed by atoms with E-state index in [1.807, 2.05) is 6.26 Å². The highest BCUT2D eigenvalue weighted by Crippen LogP contribution is 2.44. The number of methoxy groups -OCH3 is 2. The first-order valence-corrected chi connectivity index (χ1v) is 8.29. The molecule has 6 nitrogen and oxygen atoms in total. The predicted molar refractivity (Wildman–Crippen MR) is 84.1 cm³/mol. The van der Waals surface area contributed by atoms with Crippen LogP contribution in [0.3, 0.4) is 0 Å². The summed E-state index contributed by atoms with van der Waals surface area (Å²) in [6, 6.07) is 0. The lowest BCUT2D eigenvalue weighted by molar-refractivity contribution is 0.182. The highest BCUT2D eigenvalue weighted by atomic mass is 32.2. The summed E-state index contributed by atoms with van der Waals surface area (Å²) in [5, 5.41) is 0.902. The first kappa shape index (κ1) is 15.2. The van der Waals surface area contributed by atoms with Crippen LogP contribution in [-0.2, 0) is 11.3 Å². The molecule has 2 aromatic heterocycles. The summed E-state index contributed by atoms with van der Waals surface area (Å²) < 4.78 is 10.6. The lowest BCUT2D eigenvalue weighted by atomic mass is 10.1. The molecule has 0 atom stereocenters. The Morgan fingerprint density at radius 1 is 1.23 bits per heavy atom. The zero-order chi connectivity index (χ0) is 15.5. The Bertz CT molecular complexity index is 677. The van der Waals surface area contributed by atoms with E-state index in [4.69, 9.17) is 9.47 Å². The van der Waals surface area contributed by atoms with Crippen LogP contribution in [0, 0.1) is 0 Å². The minimum atomic E-state index is 0.465. The third kappa shape index (κ3) is 2.91. The van der Waals surface area contributed by atoms with Gasteiger partial charge in [-0.1, -0.05) is 0 Å². The molecule has 0 aliphatic heterocycles. The molecule has 0 saturated heterocycles. The average molecular weight is 318 g/mol. The minimum absolute atomic E-state index is 0.465. The third-order valence-electron chi connectivity index (χ3n) is 3.54. The third-order valence-corrected chi connectivity index (χ3v) is 4.28. The molecular formula is C15H18N4O2S. The fourth-order valence-electron chi connectivity index (χ4n) is 2.36. The van der Waals surface area contributed by atoms with Crippen LogP contribution in [-0.4, -0.2) is 40.4 Å². The monoisotopic (exact) mass is 318 g/mol. The van der Waals surface area contributed by atoms with Gasteiger partial charge in [-0.2, -0.15) is 0 Å². The molecule has 7 heteroatoms. The van der Waals surface area contributed by atoms with Crippen molar-refractivity contribution in [3.63, 3.8) is 0 Å². The van der Waals surface area contributed by atoms with E-state index >= 15 is 0 Å². The molecular weight excluding hydrogens is 300 g/mol. The number of aromatic nitrogens is 4. The van der Waals surface area contributed by atoms with Crippen molar-refractivity contribution in [2.75, 3.05) is 20.5 Å². The topological polar surface area (TPSA) is 70.0 Å². The van der Waals surface area contributed by atoms with Gasteiger partial charge in [-0.25, -0.2) is 19.9 Å². The molecule has 116 valence electrons. The van der Waals surface area contributed by atoms with Crippen LogP contribution in [0.1, 0.15) is 30.0 Å². The van der Waals surface area contributed by atoms with Gasteiger partial charge in [-0.3, -0.25) is 0 Å². The molecule has 22 heavy (non-hydrogen) atoms. The number of ether oxygens (including phenoxy) is 2. The lowest BCUT2D eigenvalue weighted by Gasteiger charge is -2.12. The summed E-state index contributed by atoms with van der Waals surface area (Å²) in [5.41, 5.74) is 2.77. The minimum Gasteiger partial charge on any atom is -0.480 e. The summed E-state index contributed by atoms with van der Waals surface area (Å²) in [6.45, 7) is 0.494. The molecule has 1 saturated carbocycles. The van der Waals surface area contributed by atoms with Crippen LogP contribution in [0.2, 0.25) is 0 Å². The van der Waals surface area contributed by atoms with Gasteiger partial charge in [0.25, 0.3) is 0 Å². The van der Waals surface area contributed by atoms with Crippen molar-refractivity contribution < 1.29 is 9.47 Å². The van der Waals surface area contributed by atoms with Crippen molar-refractivity contribution in [1.82, 2.24) is 19.9 Å². The van der Waals surface area contributed by atoms with Crippen LogP contribution in [0.4, 0.5) is 0 Å². The SMILES string of the molecule is COCc1cnc(-c2c(OC)ncnc2C2CC2)nc1SC. The summed E-state index contributed by atoms with van der Waals surface area (Å²) in [6.07, 6.45) is 7.63. The lowest BCUT2D eigenvalue weighted by Crippen LogP contribution is -2.04. The molecule has 3 rings (SSSR count). The Hall–Kier alpha value is -1.73. The molecule has 0 N–H and O–H groups in total. The molecule has 1 fully saturated rings. The second-order valence-corrected chi connectivity index (χ2v) is 5.87. The van der Waals surface area contributed by atoms with Gasteiger partial charge in [0.15, 0.2) is 5.82 Å². The number of nitrogens with zero attached hydrogens (tertiary/aromatic N) is 4. The quantitative estimate of drug-likeness (QED) is 0.599. The van der Waals surface area contributed by atoms with Crippen LogP contribution >= 0.6 is 11.8 Å². The van der Waals surface area contributed by atoms with E-state index in [9.17, 15) is 0 Å². The molecule has 0 bridgehead atoms. The van der Waals surface area contributed by atoms with E-state index in [1.54, 1.807) is 38.5 Å². The Labute approximate surface area is 133 Å². The highest BCUT2D eigenvalue weighted by Gasteiger charge is 2.31. The van der Waals surface area contributed by atoms with Gasteiger partial charge < -0.3 is 9.47 Å². The maximum atomic E-state index is 5.41. The van der Waals surface area contributed by atoms with Gasteiger partial charge >= 0.3 is 0 Å². The smallest absolute Gasteiger partial charge is 0.227 e. The van der Waals surface area contributed by atoms with Crippen molar-refractivity contribution in [2.24, 2.45) is 0 Å². The average Bonchev–Trinajstić information content (AvgIpc) is 3.39. The molecule has 1 aliphatic carbocycles. The second-order valence-electron chi connectivity index (χ2n) is 5.08. The molecule has 2 aromatic rings. The fourth-order valence-corrected chi connectivity index (χ4v) is 2.91. The van der Waals surface area contributed by atoms with Crippen molar-refractivity contribution in [2.45, 2.75) is 30.4 Å². The largest absolute Gasteiger partial charge is 0.480 e. The van der Waals surface area contributed by atoms with E-state index < -0.39 is 0 Å². The van der Waals surface area contributed by atoms with Gasteiger partial charge in [0.1, 0.15) is 16.9 Å². The van der Waals surface area contributed by atoms with Crippen LogP contribution in [0.15, 0.2) is 17.6 Å². The van der Waals surface area contributed by atoms with Crippen LogP contribution < -0.4 is 4.74 Å². The molecule has 2 heterocycles. The van der Waals surface area contributed by atoms with Gasteiger partial charge in [-0.15, -0.1) is 11.8 Å². The molecule has 0 spiro atoms. The molecule has 0 aromatic carbocycles. The molecule has 0 amide bonds. The Balaban J connectivity index is 2.10. The van der Waals surface area contributed by atoms with Crippen molar-refractivity contribution in [3.05, 3.63) is 23.8 Å². The van der Waals surface area contributed by atoms with Gasteiger partial charge in [0.2, 0.25) is 5.88 Å². The molecule has 0 unspecified atom stereocenters. The zero-order valence-corrected chi connectivity index (χ0v) is 13.7. The summed E-state index contributed by atoms with van der Waals surface area (Å²) in [7, 11) is 3.27.